The van der Waals surface area contributed by atoms with Crippen LogP contribution in [0.2, 0.25) is 0 Å². The van der Waals surface area contributed by atoms with E-state index in [4.69, 9.17) is 0 Å². The van der Waals surface area contributed by atoms with E-state index in [1.54, 1.807) is 12.1 Å². The number of halogens is 1. The number of nitrogens with one attached hydrogen (secondary N) is 3. The van der Waals surface area contributed by atoms with Crippen molar-refractivity contribution in [1.82, 2.24) is 10.6 Å². The normalized spacial score (nSPS) is 11.4. The third-order valence-corrected chi connectivity index (χ3v) is 3.99. The van der Waals surface area contributed by atoms with Gasteiger partial charge in [0.05, 0.1) is 12.6 Å². The molecule has 0 unspecified atom stereocenters. The Hall–Kier alpha value is -2.34. The molecular weight excluding hydrogens is 370 g/mol. The number of hydrogen-bond donors (Lipinski definition) is 3. The first-order valence-corrected chi connectivity index (χ1v) is 8.52. The molecule has 3 amide bonds. The molecule has 126 valence electrons. The van der Waals surface area contributed by atoms with E-state index >= 15 is 0 Å². The van der Waals surface area contributed by atoms with E-state index in [0.29, 0.717) is 5.69 Å². The molecule has 0 aromatic heterocycles. The summed E-state index contributed by atoms with van der Waals surface area (Å²) in [4.78, 5) is 23.8. The fraction of sp³-hybridized carbons (Fsp3) is 0.222. The van der Waals surface area contributed by atoms with Gasteiger partial charge in [-0.05, 0) is 36.2 Å². The maximum absolute atomic E-state index is 12.0. The van der Waals surface area contributed by atoms with Gasteiger partial charge in [0.15, 0.2) is 0 Å². The van der Waals surface area contributed by atoms with Crippen molar-refractivity contribution in [3.63, 3.8) is 0 Å². The summed E-state index contributed by atoms with van der Waals surface area (Å²) < 4.78 is 0.992. The lowest BCUT2D eigenvalue weighted by molar-refractivity contribution is -0.120. The smallest absolute Gasteiger partial charge is 0.319 e. The molecule has 0 bridgehead atoms. The van der Waals surface area contributed by atoms with Crippen LogP contribution in [0.5, 0.6) is 0 Å². The zero-order valence-electron chi connectivity index (χ0n) is 13.4. The van der Waals surface area contributed by atoms with Crippen molar-refractivity contribution in [2.45, 2.75) is 19.4 Å². The molecule has 24 heavy (non-hydrogen) atoms. The van der Waals surface area contributed by atoms with E-state index in [1.165, 1.54) is 0 Å². The highest BCUT2D eigenvalue weighted by Gasteiger charge is 2.13. The van der Waals surface area contributed by atoms with E-state index in [9.17, 15) is 9.59 Å². The maximum atomic E-state index is 12.0. The first-order valence-electron chi connectivity index (χ1n) is 7.73. The Kier molecular flexibility index (Phi) is 6.81. The average molecular weight is 390 g/mol. The summed E-state index contributed by atoms with van der Waals surface area (Å²) >= 11 is 3.39. The molecule has 0 heterocycles. The number of amides is 3. The minimum atomic E-state index is -0.409. The zero-order valence-corrected chi connectivity index (χ0v) is 15.0. The minimum absolute atomic E-state index is 0.0777. The fourth-order valence-corrected chi connectivity index (χ4v) is 2.48. The van der Waals surface area contributed by atoms with Crippen molar-refractivity contribution in [2.75, 3.05) is 11.9 Å². The molecule has 0 aliphatic heterocycles. The first-order chi connectivity index (χ1) is 11.6. The van der Waals surface area contributed by atoms with Crippen molar-refractivity contribution in [3.05, 3.63) is 64.6 Å². The predicted molar refractivity (Wildman–Crippen MR) is 98.8 cm³/mol. The van der Waals surface area contributed by atoms with Crippen LogP contribution >= 0.6 is 15.9 Å². The van der Waals surface area contributed by atoms with Crippen LogP contribution in [0.15, 0.2) is 59.1 Å². The molecule has 0 aliphatic rings. The number of benzene rings is 2. The fourth-order valence-electron chi connectivity index (χ4n) is 2.22. The molecule has 0 saturated carbocycles. The van der Waals surface area contributed by atoms with Crippen LogP contribution in [0, 0.1) is 0 Å². The maximum Gasteiger partial charge on any atom is 0.319 e. The predicted octanol–water partition coefficient (Wildman–Crippen LogP) is 3.84. The molecule has 3 N–H and O–H groups in total. The second-order valence-corrected chi connectivity index (χ2v) is 6.17. The molecule has 0 aliphatic carbocycles. The Balaban J connectivity index is 1.81. The monoisotopic (exact) mass is 389 g/mol. The molecule has 0 radical (unpaired) electrons. The molecule has 1 atom stereocenters. The number of carbonyl (C=O) groups excluding carboxylic acids is 2. The van der Waals surface area contributed by atoms with Crippen molar-refractivity contribution in [3.8, 4) is 0 Å². The number of hydrogen-bond acceptors (Lipinski definition) is 2. The molecule has 5 nitrogen and oxygen atoms in total. The van der Waals surface area contributed by atoms with Crippen molar-refractivity contribution in [2.24, 2.45) is 0 Å². The molecule has 0 spiro atoms. The second kappa shape index (κ2) is 9.08. The lowest BCUT2D eigenvalue weighted by Gasteiger charge is -2.18. The van der Waals surface area contributed by atoms with Crippen molar-refractivity contribution >= 4 is 33.6 Å². The quantitative estimate of drug-likeness (QED) is 0.702. The van der Waals surface area contributed by atoms with Crippen LogP contribution in [0.25, 0.3) is 0 Å². The number of rotatable bonds is 6. The van der Waals surface area contributed by atoms with E-state index in [1.807, 2.05) is 49.4 Å². The van der Waals surface area contributed by atoms with Gasteiger partial charge < -0.3 is 16.0 Å². The summed E-state index contributed by atoms with van der Waals surface area (Å²) in [6.07, 6.45) is 0.767. The van der Waals surface area contributed by atoms with Gasteiger partial charge in [0, 0.05) is 10.2 Å². The highest BCUT2D eigenvalue weighted by Crippen LogP contribution is 2.19. The first kappa shape index (κ1) is 18.0. The Labute approximate surface area is 150 Å². The lowest BCUT2D eigenvalue weighted by Crippen LogP contribution is -2.40. The van der Waals surface area contributed by atoms with Crippen LogP contribution in [0.4, 0.5) is 10.5 Å². The van der Waals surface area contributed by atoms with Gasteiger partial charge in [0.25, 0.3) is 0 Å². The summed E-state index contributed by atoms with van der Waals surface area (Å²) in [5.41, 5.74) is 1.71. The van der Waals surface area contributed by atoms with Gasteiger partial charge in [-0.2, -0.15) is 0 Å². The standard InChI is InChI=1S/C18H20BrN3O2/c1-2-16(13-8-10-14(19)11-9-13)22-17(23)12-20-18(24)21-15-6-4-3-5-7-15/h3-11,16H,2,12H2,1H3,(H,22,23)(H2,20,21,24)/t16-/m0/s1. The summed E-state index contributed by atoms with van der Waals surface area (Å²) in [5, 5.41) is 8.14. The molecular formula is C18H20BrN3O2. The molecule has 6 heteroatoms. The Bertz CT molecular complexity index is 674. The van der Waals surface area contributed by atoms with Gasteiger partial charge in [-0.1, -0.05) is 53.2 Å². The molecule has 2 aromatic rings. The Morgan fingerprint density at radius 3 is 2.33 bits per heavy atom. The van der Waals surface area contributed by atoms with Crippen LogP contribution in [0.3, 0.4) is 0 Å². The average Bonchev–Trinajstić information content (AvgIpc) is 2.59. The van der Waals surface area contributed by atoms with Gasteiger partial charge in [-0.15, -0.1) is 0 Å². The van der Waals surface area contributed by atoms with Gasteiger partial charge in [0.1, 0.15) is 0 Å². The van der Waals surface area contributed by atoms with E-state index in [-0.39, 0.29) is 18.5 Å². The van der Waals surface area contributed by atoms with Crippen LogP contribution in [-0.4, -0.2) is 18.5 Å². The number of urea groups is 1. The molecule has 0 fully saturated rings. The van der Waals surface area contributed by atoms with Gasteiger partial charge >= 0.3 is 6.03 Å². The number of anilines is 1. The van der Waals surface area contributed by atoms with E-state index in [2.05, 4.69) is 31.9 Å². The largest absolute Gasteiger partial charge is 0.348 e. The third-order valence-electron chi connectivity index (χ3n) is 3.46. The van der Waals surface area contributed by atoms with Gasteiger partial charge in [-0.25, -0.2) is 4.79 Å². The van der Waals surface area contributed by atoms with E-state index < -0.39 is 6.03 Å². The SMILES string of the molecule is CC[C@H](NC(=O)CNC(=O)Nc1ccccc1)c1ccc(Br)cc1. The Morgan fingerprint density at radius 1 is 1.04 bits per heavy atom. The summed E-state index contributed by atoms with van der Waals surface area (Å²) in [6.45, 7) is 1.92. The summed E-state index contributed by atoms with van der Waals surface area (Å²) in [7, 11) is 0. The number of para-hydroxylation sites is 1. The van der Waals surface area contributed by atoms with Crippen LogP contribution < -0.4 is 16.0 Å². The minimum Gasteiger partial charge on any atom is -0.348 e. The Morgan fingerprint density at radius 2 is 1.71 bits per heavy atom. The molecule has 2 aromatic carbocycles. The van der Waals surface area contributed by atoms with Crippen LogP contribution in [-0.2, 0) is 4.79 Å². The second-order valence-electron chi connectivity index (χ2n) is 5.25. The summed E-state index contributed by atoms with van der Waals surface area (Å²) in [5.74, 6) is -0.229. The van der Waals surface area contributed by atoms with Crippen molar-refractivity contribution in [1.29, 1.82) is 0 Å². The summed E-state index contributed by atoms with van der Waals surface area (Å²) in [6, 6.07) is 16.4. The zero-order chi connectivity index (χ0) is 17.4. The molecule has 0 saturated heterocycles. The van der Waals surface area contributed by atoms with Crippen molar-refractivity contribution < 1.29 is 9.59 Å². The highest BCUT2D eigenvalue weighted by molar-refractivity contribution is 9.10. The lowest BCUT2D eigenvalue weighted by atomic mass is 10.0. The van der Waals surface area contributed by atoms with Gasteiger partial charge in [-0.3, -0.25) is 4.79 Å². The van der Waals surface area contributed by atoms with Gasteiger partial charge in [0.2, 0.25) is 5.91 Å². The number of carbonyl (C=O) groups is 2. The van der Waals surface area contributed by atoms with E-state index in [0.717, 1.165) is 16.5 Å². The third kappa shape index (κ3) is 5.70. The highest BCUT2D eigenvalue weighted by atomic mass is 79.9. The van der Waals surface area contributed by atoms with Crippen LogP contribution in [0.1, 0.15) is 24.9 Å². The topological polar surface area (TPSA) is 70.2 Å². The molecule has 2 rings (SSSR count).